The van der Waals surface area contributed by atoms with Crippen LogP contribution in [-0.4, -0.2) is 20.0 Å². The van der Waals surface area contributed by atoms with Gasteiger partial charge in [-0.15, -0.1) is 0 Å². The summed E-state index contributed by atoms with van der Waals surface area (Å²) >= 11 is 0. The molecule has 0 fully saturated rings. The van der Waals surface area contributed by atoms with Crippen LogP contribution in [0.1, 0.15) is 41.9 Å². The quantitative estimate of drug-likeness (QED) is 0.757. The zero-order valence-corrected chi connectivity index (χ0v) is 16.0. The fourth-order valence-electron chi connectivity index (χ4n) is 4.22. The third kappa shape index (κ3) is 3.24. The van der Waals surface area contributed by atoms with Gasteiger partial charge in [-0.1, -0.05) is 18.2 Å². The molecule has 7 heteroatoms. The Balaban J connectivity index is 2.01. The predicted molar refractivity (Wildman–Crippen MR) is 102 cm³/mol. The third-order valence-electron chi connectivity index (χ3n) is 5.47. The average molecular weight is 403 g/mol. The molecule has 29 heavy (non-hydrogen) atoms. The number of ketones is 1. The molecule has 1 N–H and O–H groups in total. The van der Waals surface area contributed by atoms with Gasteiger partial charge >= 0.3 is 6.18 Å². The second kappa shape index (κ2) is 7.13. The molecule has 0 amide bonds. The molecule has 0 saturated heterocycles. The van der Waals surface area contributed by atoms with Crippen molar-refractivity contribution in [1.82, 2.24) is 0 Å². The van der Waals surface area contributed by atoms with E-state index < -0.39 is 17.7 Å². The van der Waals surface area contributed by atoms with E-state index >= 15 is 0 Å². The Bertz CT molecular complexity index is 1010. The Morgan fingerprint density at radius 3 is 2.38 bits per heavy atom. The maximum Gasteiger partial charge on any atom is 0.416 e. The number of anilines is 1. The lowest BCUT2D eigenvalue weighted by Gasteiger charge is -2.35. The lowest BCUT2D eigenvalue weighted by molar-refractivity contribution is -0.138. The van der Waals surface area contributed by atoms with Crippen LogP contribution in [0.2, 0.25) is 0 Å². The van der Waals surface area contributed by atoms with E-state index in [0.29, 0.717) is 53.3 Å². The molecule has 0 spiro atoms. The summed E-state index contributed by atoms with van der Waals surface area (Å²) in [5.74, 6) is -0.0875. The maximum absolute atomic E-state index is 13.8. The summed E-state index contributed by atoms with van der Waals surface area (Å²) in [5, 5.41) is 3.26. The number of carbonyl (C=O) groups is 1. The highest BCUT2D eigenvalue weighted by Crippen LogP contribution is 2.50. The molecule has 1 atom stereocenters. The van der Waals surface area contributed by atoms with Crippen LogP contribution in [0, 0.1) is 0 Å². The van der Waals surface area contributed by atoms with Crippen LogP contribution in [0.25, 0.3) is 0 Å². The Kier molecular flexibility index (Phi) is 4.76. The first-order valence-electron chi connectivity index (χ1n) is 9.30. The van der Waals surface area contributed by atoms with Gasteiger partial charge in [0, 0.05) is 35.4 Å². The minimum absolute atomic E-state index is 0.0673. The van der Waals surface area contributed by atoms with Crippen LogP contribution in [0.4, 0.5) is 18.9 Å². The fourth-order valence-corrected chi connectivity index (χ4v) is 4.22. The van der Waals surface area contributed by atoms with E-state index in [0.717, 1.165) is 6.07 Å². The molecular formula is C22H20F3NO3. The Morgan fingerprint density at radius 1 is 1.00 bits per heavy atom. The second-order valence-electron chi connectivity index (χ2n) is 7.11. The largest absolute Gasteiger partial charge is 0.493 e. The van der Waals surface area contributed by atoms with Crippen molar-refractivity contribution < 1.29 is 27.4 Å². The van der Waals surface area contributed by atoms with Crippen molar-refractivity contribution in [2.24, 2.45) is 0 Å². The molecular weight excluding hydrogens is 383 g/mol. The zero-order chi connectivity index (χ0) is 20.8. The molecule has 1 aliphatic heterocycles. The van der Waals surface area contributed by atoms with Crippen molar-refractivity contribution in [2.45, 2.75) is 31.4 Å². The standard InChI is InChI=1S/C22H20F3NO3/c1-28-18-10-13-16(11-19(18)29-2)26-15-8-5-9-17(27)21(15)20(13)12-6-3-4-7-14(12)22(23,24)25/h3-4,6-7,10-11,20,26H,5,8-9H2,1-2H3. The number of fused-ring (bicyclic) bond motifs is 1. The van der Waals surface area contributed by atoms with Gasteiger partial charge < -0.3 is 14.8 Å². The highest BCUT2D eigenvalue weighted by molar-refractivity contribution is 6.01. The lowest BCUT2D eigenvalue weighted by Crippen LogP contribution is -2.28. The van der Waals surface area contributed by atoms with Crippen LogP contribution in [-0.2, 0) is 11.0 Å². The van der Waals surface area contributed by atoms with Crippen molar-refractivity contribution in [1.29, 1.82) is 0 Å². The summed E-state index contributed by atoms with van der Waals surface area (Å²) in [4.78, 5) is 12.8. The summed E-state index contributed by atoms with van der Waals surface area (Å²) in [6.07, 6.45) is -2.93. The number of benzene rings is 2. The van der Waals surface area contributed by atoms with Crippen LogP contribution >= 0.6 is 0 Å². The van der Waals surface area contributed by atoms with Crippen molar-refractivity contribution in [3.8, 4) is 11.5 Å². The lowest BCUT2D eigenvalue weighted by atomic mass is 9.74. The first kappa shape index (κ1) is 19.4. The van der Waals surface area contributed by atoms with E-state index in [9.17, 15) is 18.0 Å². The van der Waals surface area contributed by atoms with Gasteiger partial charge in [-0.3, -0.25) is 4.79 Å². The first-order valence-corrected chi connectivity index (χ1v) is 9.30. The SMILES string of the molecule is COc1cc2c(cc1OC)C(c1ccccc1C(F)(F)F)C1=C(CCCC1=O)N2. The number of hydrogen-bond donors (Lipinski definition) is 1. The van der Waals surface area contributed by atoms with Gasteiger partial charge in [0.05, 0.1) is 19.8 Å². The summed E-state index contributed by atoms with van der Waals surface area (Å²) in [7, 11) is 2.97. The molecule has 2 aliphatic rings. The zero-order valence-electron chi connectivity index (χ0n) is 16.0. The van der Waals surface area contributed by atoms with Gasteiger partial charge in [-0.2, -0.15) is 13.2 Å². The van der Waals surface area contributed by atoms with Crippen molar-refractivity contribution in [3.05, 3.63) is 64.4 Å². The van der Waals surface area contributed by atoms with Gasteiger partial charge in [0.2, 0.25) is 0 Å². The van der Waals surface area contributed by atoms with E-state index in [4.69, 9.17) is 9.47 Å². The third-order valence-corrected chi connectivity index (χ3v) is 5.47. The highest BCUT2D eigenvalue weighted by Gasteiger charge is 2.41. The van der Waals surface area contributed by atoms with Gasteiger partial charge in [0.1, 0.15) is 0 Å². The monoisotopic (exact) mass is 403 g/mol. The minimum atomic E-state index is -4.53. The average Bonchev–Trinajstić information content (AvgIpc) is 2.70. The van der Waals surface area contributed by atoms with E-state index in [-0.39, 0.29) is 11.3 Å². The van der Waals surface area contributed by atoms with E-state index in [1.165, 1.54) is 26.4 Å². The summed E-state index contributed by atoms with van der Waals surface area (Å²) < 4.78 is 52.1. The number of halogens is 3. The summed E-state index contributed by atoms with van der Waals surface area (Å²) in [6.45, 7) is 0. The Hall–Kier alpha value is -2.96. The molecule has 0 bridgehead atoms. The van der Waals surface area contributed by atoms with Crippen molar-refractivity contribution in [2.75, 3.05) is 19.5 Å². The van der Waals surface area contributed by atoms with E-state index in [1.807, 2.05) is 0 Å². The topological polar surface area (TPSA) is 47.6 Å². The molecule has 2 aromatic rings. The number of ether oxygens (including phenoxy) is 2. The smallest absolute Gasteiger partial charge is 0.416 e. The highest BCUT2D eigenvalue weighted by atomic mass is 19.4. The number of methoxy groups -OCH3 is 2. The molecule has 1 unspecified atom stereocenters. The van der Waals surface area contributed by atoms with Crippen LogP contribution in [0.3, 0.4) is 0 Å². The fraction of sp³-hybridized carbons (Fsp3) is 0.318. The predicted octanol–water partition coefficient (Wildman–Crippen LogP) is 5.29. The van der Waals surface area contributed by atoms with Crippen LogP contribution in [0.5, 0.6) is 11.5 Å². The molecule has 0 saturated carbocycles. The summed E-state index contributed by atoms with van der Waals surface area (Å²) in [5.41, 5.74) is 1.61. The maximum atomic E-state index is 13.8. The number of carbonyl (C=O) groups excluding carboxylic acids is 1. The van der Waals surface area contributed by atoms with Crippen molar-refractivity contribution in [3.63, 3.8) is 0 Å². The molecule has 2 aromatic carbocycles. The van der Waals surface area contributed by atoms with Crippen LogP contribution < -0.4 is 14.8 Å². The van der Waals surface area contributed by atoms with E-state index in [2.05, 4.69) is 5.32 Å². The van der Waals surface area contributed by atoms with Gasteiger partial charge in [-0.05, 0) is 36.1 Å². The number of nitrogens with one attached hydrogen (secondary N) is 1. The number of allylic oxidation sites excluding steroid dienone is 2. The molecule has 0 radical (unpaired) electrons. The molecule has 1 heterocycles. The van der Waals surface area contributed by atoms with E-state index in [1.54, 1.807) is 18.2 Å². The van der Waals surface area contributed by atoms with Crippen molar-refractivity contribution >= 4 is 11.5 Å². The number of rotatable bonds is 3. The van der Waals surface area contributed by atoms with Crippen LogP contribution in [0.15, 0.2) is 47.7 Å². The summed E-state index contributed by atoms with van der Waals surface area (Å²) in [6, 6.07) is 8.81. The Morgan fingerprint density at radius 2 is 1.69 bits per heavy atom. The Labute approximate surface area is 166 Å². The normalized spacial score (nSPS) is 18.7. The number of hydrogen-bond acceptors (Lipinski definition) is 4. The molecule has 0 aromatic heterocycles. The molecule has 4 nitrogen and oxygen atoms in total. The molecule has 1 aliphatic carbocycles. The van der Waals surface area contributed by atoms with Gasteiger partial charge in [0.25, 0.3) is 0 Å². The molecule has 4 rings (SSSR count). The van der Waals surface area contributed by atoms with Gasteiger partial charge in [-0.25, -0.2) is 0 Å². The second-order valence-corrected chi connectivity index (χ2v) is 7.11. The van der Waals surface area contributed by atoms with Gasteiger partial charge in [0.15, 0.2) is 17.3 Å². The first-order chi connectivity index (χ1) is 13.8. The molecule has 152 valence electrons. The number of Topliss-reactive ketones (excluding diaryl/α,β-unsaturated/α-hetero) is 1. The minimum Gasteiger partial charge on any atom is -0.493 e. The number of alkyl halides is 3.